The van der Waals surface area contributed by atoms with Crippen molar-refractivity contribution in [2.75, 3.05) is 0 Å². The van der Waals surface area contributed by atoms with Crippen molar-refractivity contribution in [3.05, 3.63) is 58.2 Å². The Balaban J connectivity index is 1.98. The fraction of sp³-hybridized carbons (Fsp3) is 0.250. The van der Waals surface area contributed by atoms with Crippen LogP contribution >= 0.6 is 0 Å². The van der Waals surface area contributed by atoms with Crippen molar-refractivity contribution >= 4 is 5.69 Å². The van der Waals surface area contributed by atoms with Crippen molar-refractivity contribution in [2.24, 2.45) is 0 Å². The van der Waals surface area contributed by atoms with Gasteiger partial charge in [-0.05, 0) is 12.5 Å². The van der Waals surface area contributed by atoms with Gasteiger partial charge in [-0.15, -0.1) is 0 Å². The number of nitro groups is 1. The maximum atomic E-state index is 10.6. The van der Waals surface area contributed by atoms with E-state index in [0.717, 1.165) is 11.4 Å². The van der Waals surface area contributed by atoms with Gasteiger partial charge in [-0.2, -0.15) is 0 Å². The molecule has 0 amide bonds. The van der Waals surface area contributed by atoms with E-state index in [2.05, 4.69) is 15.3 Å². The smallest absolute Gasteiger partial charge is 0.269 e. The second-order valence-corrected chi connectivity index (χ2v) is 4.00. The van der Waals surface area contributed by atoms with E-state index >= 15 is 0 Å². The van der Waals surface area contributed by atoms with E-state index in [0.29, 0.717) is 6.54 Å². The summed E-state index contributed by atoms with van der Waals surface area (Å²) in [6.07, 6.45) is 3.46. The van der Waals surface area contributed by atoms with E-state index in [4.69, 9.17) is 0 Å². The molecule has 0 radical (unpaired) electrons. The number of imidazole rings is 1. The molecule has 0 saturated carbocycles. The number of aromatic nitrogens is 2. The number of rotatable bonds is 5. The summed E-state index contributed by atoms with van der Waals surface area (Å²) in [5.41, 5.74) is 0.988. The topological polar surface area (TPSA) is 83.8 Å². The lowest BCUT2D eigenvalue weighted by Crippen LogP contribution is -2.19. The Morgan fingerprint density at radius 2 is 2.39 bits per heavy atom. The molecule has 1 aromatic heterocycles. The van der Waals surface area contributed by atoms with Gasteiger partial charge in [0, 0.05) is 31.1 Å². The van der Waals surface area contributed by atoms with Gasteiger partial charge in [-0.25, -0.2) is 4.98 Å². The van der Waals surface area contributed by atoms with Crippen molar-refractivity contribution < 1.29 is 4.92 Å². The molecule has 0 aliphatic rings. The van der Waals surface area contributed by atoms with E-state index in [1.165, 1.54) is 6.07 Å². The fourth-order valence-corrected chi connectivity index (χ4v) is 1.66. The standard InChI is InChI=1S/C12H14N4O2/c1-9(12-13-5-6-14-12)15-8-10-3-2-4-11(7-10)16(17)18/h2-7,9,15H,8H2,1H3,(H,13,14). The fourth-order valence-electron chi connectivity index (χ4n) is 1.66. The van der Waals surface area contributed by atoms with Crippen LogP contribution in [0.25, 0.3) is 0 Å². The molecule has 1 unspecified atom stereocenters. The summed E-state index contributed by atoms with van der Waals surface area (Å²) >= 11 is 0. The monoisotopic (exact) mass is 246 g/mol. The third-order valence-electron chi connectivity index (χ3n) is 2.66. The molecular formula is C12H14N4O2. The zero-order valence-electron chi connectivity index (χ0n) is 9.96. The lowest BCUT2D eigenvalue weighted by Gasteiger charge is -2.11. The largest absolute Gasteiger partial charge is 0.347 e. The first-order valence-electron chi connectivity index (χ1n) is 5.63. The molecule has 2 N–H and O–H groups in total. The second kappa shape index (κ2) is 5.42. The molecular weight excluding hydrogens is 232 g/mol. The van der Waals surface area contributed by atoms with E-state index in [-0.39, 0.29) is 16.7 Å². The molecule has 1 aromatic carbocycles. The molecule has 1 atom stereocenters. The normalized spacial score (nSPS) is 12.3. The highest BCUT2D eigenvalue weighted by molar-refractivity contribution is 5.34. The molecule has 6 nitrogen and oxygen atoms in total. The Bertz CT molecular complexity index is 525. The van der Waals surface area contributed by atoms with Gasteiger partial charge in [0.25, 0.3) is 5.69 Å². The molecule has 18 heavy (non-hydrogen) atoms. The zero-order chi connectivity index (χ0) is 13.0. The molecule has 94 valence electrons. The number of benzene rings is 1. The maximum Gasteiger partial charge on any atom is 0.269 e. The van der Waals surface area contributed by atoms with Crippen molar-refractivity contribution in [3.8, 4) is 0 Å². The molecule has 1 heterocycles. The van der Waals surface area contributed by atoms with Crippen LogP contribution in [0.1, 0.15) is 24.4 Å². The van der Waals surface area contributed by atoms with Crippen LogP contribution in [0.4, 0.5) is 5.69 Å². The van der Waals surface area contributed by atoms with Crippen molar-refractivity contribution in [1.29, 1.82) is 0 Å². The second-order valence-electron chi connectivity index (χ2n) is 4.00. The van der Waals surface area contributed by atoms with Crippen molar-refractivity contribution in [1.82, 2.24) is 15.3 Å². The summed E-state index contributed by atoms with van der Waals surface area (Å²) in [6.45, 7) is 2.54. The first-order chi connectivity index (χ1) is 8.66. The average molecular weight is 246 g/mol. The Morgan fingerprint density at radius 3 is 3.06 bits per heavy atom. The molecule has 0 saturated heterocycles. The highest BCUT2D eigenvalue weighted by Crippen LogP contribution is 2.14. The van der Waals surface area contributed by atoms with Gasteiger partial charge in [0.2, 0.25) is 0 Å². The molecule has 0 bridgehead atoms. The molecule has 0 aliphatic carbocycles. The van der Waals surface area contributed by atoms with Gasteiger partial charge >= 0.3 is 0 Å². The van der Waals surface area contributed by atoms with Gasteiger partial charge in [-0.3, -0.25) is 10.1 Å². The van der Waals surface area contributed by atoms with Crippen molar-refractivity contribution in [2.45, 2.75) is 19.5 Å². The van der Waals surface area contributed by atoms with Crippen LogP contribution in [0.3, 0.4) is 0 Å². The van der Waals surface area contributed by atoms with Crippen LogP contribution in [0, 0.1) is 10.1 Å². The highest BCUT2D eigenvalue weighted by atomic mass is 16.6. The van der Waals surface area contributed by atoms with Gasteiger partial charge < -0.3 is 10.3 Å². The quantitative estimate of drug-likeness (QED) is 0.625. The first kappa shape index (κ1) is 12.3. The van der Waals surface area contributed by atoms with Crippen LogP contribution in [0.5, 0.6) is 0 Å². The summed E-state index contributed by atoms with van der Waals surface area (Å²) in [5.74, 6) is 0.848. The first-order valence-corrected chi connectivity index (χ1v) is 5.63. The zero-order valence-corrected chi connectivity index (χ0v) is 9.96. The minimum atomic E-state index is -0.389. The Hall–Kier alpha value is -2.21. The summed E-state index contributed by atoms with van der Waals surface area (Å²) < 4.78 is 0. The number of H-pyrrole nitrogens is 1. The van der Waals surface area contributed by atoms with E-state index in [1.54, 1.807) is 24.5 Å². The average Bonchev–Trinajstić information content (AvgIpc) is 2.90. The van der Waals surface area contributed by atoms with Gasteiger partial charge in [-0.1, -0.05) is 12.1 Å². The lowest BCUT2D eigenvalue weighted by atomic mass is 10.2. The maximum absolute atomic E-state index is 10.6. The van der Waals surface area contributed by atoms with Crippen LogP contribution < -0.4 is 5.32 Å². The number of hydrogen-bond donors (Lipinski definition) is 2. The highest BCUT2D eigenvalue weighted by Gasteiger charge is 2.09. The number of aromatic amines is 1. The molecule has 6 heteroatoms. The van der Waals surface area contributed by atoms with Crippen LogP contribution in [0.2, 0.25) is 0 Å². The van der Waals surface area contributed by atoms with Crippen molar-refractivity contribution in [3.63, 3.8) is 0 Å². The van der Waals surface area contributed by atoms with Gasteiger partial charge in [0.1, 0.15) is 5.82 Å². The Labute approximate surface area is 104 Å². The van der Waals surface area contributed by atoms with Crippen LogP contribution in [-0.2, 0) is 6.54 Å². The molecule has 0 aliphatic heterocycles. The molecule has 0 fully saturated rings. The molecule has 2 aromatic rings. The number of hydrogen-bond acceptors (Lipinski definition) is 4. The number of nitrogens with one attached hydrogen (secondary N) is 2. The summed E-state index contributed by atoms with van der Waals surface area (Å²) in [7, 11) is 0. The summed E-state index contributed by atoms with van der Waals surface area (Å²) in [6, 6.07) is 6.67. The van der Waals surface area contributed by atoms with Crippen LogP contribution in [0.15, 0.2) is 36.7 Å². The SMILES string of the molecule is CC(NCc1cccc([N+](=O)[O-])c1)c1ncc[nH]1. The Kier molecular flexibility index (Phi) is 3.69. The van der Waals surface area contributed by atoms with E-state index < -0.39 is 0 Å². The third kappa shape index (κ3) is 2.92. The summed E-state index contributed by atoms with van der Waals surface area (Å²) in [4.78, 5) is 17.4. The number of nitrogens with zero attached hydrogens (tertiary/aromatic N) is 2. The summed E-state index contributed by atoms with van der Waals surface area (Å²) in [5, 5.41) is 13.9. The van der Waals surface area contributed by atoms with Crippen LogP contribution in [-0.4, -0.2) is 14.9 Å². The Morgan fingerprint density at radius 1 is 1.56 bits per heavy atom. The molecule has 0 spiro atoms. The lowest BCUT2D eigenvalue weighted by molar-refractivity contribution is -0.384. The van der Waals surface area contributed by atoms with Gasteiger partial charge in [0.15, 0.2) is 0 Å². The minimum Gasteiger partial charge on any atom is -0.347 e. The number of nitro benzene ring substituents is 1. The minimum absolute atomic E-state index is 0.0688. The molecule has 2 rings (SSSR count). The predicted molar refractivity (Wildman–Crippen MR) is 66.9 cm³/mol. The third-order valence-corrected chi connectivity index (χ3v) is 2.66. The van der Waals surface area contributed by atoms with E-state index in [9.17, 15) is 10.1 Å². The predicted octanol–water partition coefficient (Wildman–Crippen LogP) is 2.17. The van der Waals surface area contributed by atoms with Gasteiger partial charge in [0.05, 0.1) is 11.0 Å². The number of non-ortho nitro benzene ring substituents is 1. The van der Waals surface area contributed by atoms with E-state index in [1.807, 2.05) is 13.0 Å².